The summed E-state index contributed by atoms with van der Waals surface area (Å²) in [7, 11) is 0. The van der Waals surface area contributed by atoms with E-state index in [2.05, 4.69) is 11.9 Å². The molecule has 21 heavy (non-hydrogen) atoms. The lowest BCUT2D eigenvalue weighted by Gasteiger charge is -2.41. The third-order valence-electron chi connectivity index (χ3n) is 3.96. The number of rotatable bonds is 4. The monoisotopic (exact) mass is 328 g/mol. The minimum absolute atomic E-state index is 0.0568. The van der Waals surface area contributed by atoms with E-state index in [0.29, 0.717) is 10.7 Å². The number of hydrogen-bond donors (Lipinski definition) is 1. The first-order chi connectivity index (χ1) is 9.90. The van der Waals surface area contributed by atoms with Crippen LogP contribution in [0, 0.1) is 5.82 Å². The number of nitrogens with zero attached hydrogens (tertiary/aromatic N) is 2. The fourth-order valence-electron chi connectivity index (χ4n) is 2.71. The van der Waals surface area contributed by atoms with E-state index >= 15 is 0 Å². The highest BCUT2D eigenvalue weighted by Gasteiger charge is 2.37. The molecule has 0 spiro atoms. The Kier molecular flexibility index (Phi) is 3.61. The number of halogens is 2. The number of aliphatic carboxylic acids is 1. The molecule has 1 saturated carbocycles. The van der Waals surface area contributed by atoms with Gasteiger partial charge in [-0.2, -0.15) is 0 Å². The molecule has 0 radical (unpaired) electrons. The lowest BCUT2D eigenvalue weighted by atomic mass is 9.78. The van der Waals surface area contributed by atoms with E-state index in [1.165, 1.54) is 6.07 Å². The van der Waals surface area contributed by atoms with Crippen molar-refractivity contribution < 1.29 is 14.3 Å². The zero-order valence-corrected chi connectivity index (χ0v) is 13.0. The molecular weight excluding hydrogens is 315 g/mol. The Balaban J connectivity index is 2.15. The van der Waals surface area contributed by atoms with Gasteiger partial charge < -0.3 is 9.67 Å². The van der Waals surface area contributed by atoms with Gasteiger partial charge in [0.25, 0.3) is 0 Å². The van der Waals surface area contributed by atoms with Gasteiger partial charge in [0.05, 0.1) is 21.8 Å². The maximum atomic E-state index is 13.6. The normalized spacial score (nSPS) is 16.9. The van der Waals surface area contributed by atoms with Crippen LogP contribution in [0.15, 0.2) is 17.3 Å². The molecule has 4 nitrogen and oxygen atoms in total. The van der Waals surface area contributed by atoms with Gasteiger partial charge >= 0.3 is 5.97 Å². The summed E-state index contributed by atoms with van der Waals surface area (Å²) in [5.41, 5.74) is 1.17. The molecular formula is C14H14ClFN2O2S. The summed E-state index contributed by atoms with van der Waals surface area (Å²) in [5, 5.41) is 9.53. The predicted molar refractivity (Wildman–Crippen MR) is 80.6 cm³/mol. The molecule has 1 aliphatic carbocycles. The fraction of sp³-hybridized carbons (Fsp3) is 0.429. The van der Waals surface area contributed by atoms with Gasteiger partial charge in [0.2, 0.25) is 0 Å². The van der Waals surface area contributed by atoms with Crippen LogP contribution in [0.2, 0.25) is 5.02 Å². The molecule has 1 fully saturated rings. The van der Waals surface area contributed by atoms with Gasteiger partial charge in [-0.1, -0.05) is 23.4 Å². The van der Waals surface area contributed by atoms with Crippen LogP contribution in [0.25, 0.3) is 11.0 Å². The number of carbonyl (C=O) groups is 1. The standard InChI is InChI=1S/C14H14ClFN2O2S/c1-14(3-2-4-14)18-11-5-8(15)9(16)6-10(11)17-13(18)21-7-12(19)20/h5-6H,2-4,7H2,1H3,(H,19,20). The summed E-state index contributed by atoms with van der Waals surface area (Å²) >= 11 is 7.05. The maximum absolute atomic E-state index is 13.6. The minimum atomic E-state index is -0.901. The van der Waals surface area contributed by atoms with Gasteiger partial charge in [-0.15, -0.1) is 0 Å². The predicted octanol–water partition coefficient (Wildman–Crippen LogP) is 3.90. The lowest BCUT2D eigenvalue weighted by molar-refractivity contribution is -0.133. The lowest BCUT2D eigenvalue weighted by Crippen LogP contribution is -2.37. The van der Waals surface area contributed by atoms with Crippen molar-refractivity contribution in [3.63, 3.8) is 0 Å². The molecule has 1 heterocycles. The summed E-state index contributed by atoms with van der Waals surface area (Å²) < 4.78 is 15.6. The Hall–Kier alpha value is -1.27. The average molecular weight is 329 g/mol. The zero-order chi connectivity index (χ0) is 15.2. The van der Waals surface area contributed by atoms with Crippen LogP contribution in [-0.2, 0) is 10.3 Å². The van der Waals surface area contributed by atoms with Crippen LogP contribution in [0.3, 0.4) is 0 Å². The first-order valence-electron chi connectivity index (χ1n) is 6.63. The molecule has 1 aromatic heterocycles. The number of thioether (sulfide) groups is 1. The van der Waals surface area contributed by atoms with E-state index in [9.17, 15) is 9.18 Å². The van der Waals surface area contributed by atoms with Gasteiger partial charge in [0.15, 0.2) is 5.16 Å². The molecule has 1 aromatic carbocycles. The second-order valence-corrected chi connectivity index (χ2v) is 6.87. The largest absolute Gasteiger partial charge is 0.481 e. The van der Waals surface area contributed by atoms with E-state index in [1.807, 2.05) is 4.57 Å². The van der Waals surface area contributed by atoms with E-state index in [1.54, 1.807) is 6.07 Å². The summed E-state index contributed by atoms with van der Waals surface area (Å²) in [5.74, 6) is -1.49. The first kappa shape index (κ1) is 14.7. The van der Waals surface area contributed by atoms with Crippen LogP contribution in [0.5, 0.6) is 0 Å². The topological polar surface area (TPSA) is 55.1 Å². The van der Waals surface area contributed by atoms with Crippen molar-refractivity contribution >= 4 is 40.4 Å². The molecule has 0 aliphatic heterocycles. The summed E-state index contributed by atoms with van der Waals surface area (Å²) in [6.45, 7) is 2.11. The maximum Gasteiger partial charge on any atom is 0.313 e. The van der Waals surface area contributed by atoms with Crippen molar-refractivity contribution in [1.82, 2.24) is 9.55 Å². The molecule has 0 unspecified atom stereocenters. The van der Waals surface area contributed by atoms with Gasteiger partial charge in [0.1, 0.15) is 5.82 Å². The Morgan fingerprint density at radius 1 is 1.57 bits per heavy atom. The number of imidazole rings is 1. The van der Waals surface area contributed by atoms with Crippen molar-refractivity contribution in [3.8, 4) is 0 Å². The molecule has 3 rings (SSSR count). The number of fused-ring (bicyclic) bond motifs is 1. The van der Waals surface area contributed by atoms with Crippen LogP contribution in [0.1, 0.15) is 26.2 Å². The van der Waals surface area contributed by atoms with E-state index in [0.717, 1.165) is 36.5 Å². The molecule has 1 aliphatic rings. The van der Waals surface area contributed by atoms with Crippen molar-refractivity contribution in [2.45, 2.75) is 36.9 Å². The first-order valence-corrected chi connectivity index (χ1v) is 8.00. The number of hydrogen-bond acceptors (Lipinski definition) is 3. The average Bonchev–Trinajstić information content (AvgIpc) is 2.72. The molecule has 2 aromatic rings. The summed E-state index contributed by atoms with van der Waals surface area (Å²) in [6.07, 6.45) is 3.11. The van der Waals surface area contributed by atoms with Crippen LogP contribution >= 0.6 is 23.4 Å². The van der Waals surface area contributed by atoms with Crippen molar-refractivity contribution in [3.05, 3.63) is 23.0 Å². The minimum Gasteiger partial charge on any atom is -0.481 e. The van der Waals surface area contributed by atoms with Crippen LogP contribution < -0.4 is 0 Å². The number of carboxylic acids is 1. The second kappa shape index (κ2) is 5.18. The Bertz CT molecular complexity index is 727. The smallest absolute Gasteiger partial charge is 0.313 e. The number of benzene rings is 1. The Labute approximate surface area is 130 Å². The number of carboxylic acid groups (broad SMARTS) is 1. The van der Waals surface area contributed by atoms with Gasteiger partial charge in [-0.3, -0.25) is 4.79 Å². The van der Waals surface area contributed by atoms with Crippen LogP contribution in [0.4, 0.5) is 4.39 Å². The highest BCUT2D eigenvalue weighted by Crippen LogP contribution is 2.44. The third-order valence-corrected chi connectivity index (χ3v) is 5.17. The second-order valence-electron chi connectivity index (χ2n) is 5.52. The summed E-state index contributed by atoms with van der Waals surface area (Å²) in [4.78, 5) is 15.2. The van der Waals surface area contributed by atoms with E-state index in [-0.39, 0.29) is 16.3 Å². The van der Waals surface area contributed by atoms with E-state index < -0.39 is 11.8 Å². The quantitative estimate of drug-likeness (QED) is 0.865. The highest BCUT2D eigenvalue weighted by molar-refractivity contribution is 7.99. The van der Waals surface area contributed by atoms with Crippen molar-refractivity contribution in [2.24, 2.45) is 0 Å². The van der Waals surface area contributed by atoms with Gasteiger partial charge in [-0.05, 0) is 32.3 Å². The summed E-state index contributed by atoms with van der Waals surface area (Å²) in [6, 6.07) is 2.88. The molecule has 112 valence electrons. The molecule has 7 heteroatoms. The SMILES string of the molecule is CC1(n2c(SCC(=O)O)nc3cc(F)c(Cl)cc32)CCC1. The highest BCUT2D eigenvalue weighted by atomic mass is 35.5. The van der Waals surface area contributed by atoms with Crippen molar-refractivity contribution in [2.75, 3.05) is 5.75 Å². The third kappa shape index (κ3) is 2.51. The Morgan fingerprint density at radius 3 is 2.86 bits per heavy atom. The molecule has 0 saturated heterocycles. The van der Waals surface area contributed by atoms with E-state index in [4.69, 9.17) is 16.7 Å². The van der Waals surface area contributed by atoms with Gasteiger partial charge in [-0.25, -0.2) is 9.37 Å². The van der Waals surface area contributed by atoms with Crippen molar-refractivity contribution in [1.29, 1.82) is 0 Å². The fourth-order valence-corrected chi connectivity index (χ4v) is 3.73. The molecule has 0 amide bonds. The molecule has 1 N–H and O–H groups in total. The number of aromatic nitrogens is 2. The zero-order valence-electron chi connectivity index (χ0n) is 11.4. The molecule has 0 bridgehead atoms. The van der Waals surface area contributed by atoms with Crippen LogP contribution in [-0.4, -0.2) is 26.4 Å². The van der Waals surface area contributed by atoms with Gasteiger partial charge in [0, 0.05) is 11.6 Å². The molecule has 0 atom stereocenters. The Morgan fingerprint density at radius 2 is 2.29 bits per heavy atom.